The van der Waals surface area contributed by atoms with Crippen LogP contribution < -0.4 is 9.64 Å². The average molecular weight is 507 g/mol. The summed E-state index contributed by atoms with van der Waals surface area (Å²) in [6, 6.07) is 11.2. The summed E-state index contributed by atoms with van der Waals surface area (Å²) in [7, 11) is 1.23. The number of amides is 1. The molecule has 0 bridgehead atoms. The molecule has 9 nitrogen and oxygen atoms in total. The first kappa shape index (κ1) is 24.7. The van der Waals surface area contributed by atoms with E-state index in [-0.39, 0.29) is 27.1 Å². The lowest BCUT2D eigenvalue weighted by Crippen LogP contribution is -2.29. The molecular formula is C26H22N2O7S. The number of carbonyl (C=O) groups is 3. The number of anilines is 1. The lowest BCUT2D eigenvalue weighted by atomic mass is 9.95. The van der Waals surface area contributed by atoms with Gasteiger partial charge >= 0.3 is 11.9 Å². The Labute approximate surface area is 210 Å². The van der Waals surface area contributed by atoms with Gasteiger partial charge < -0.3 is 19.7 Å². The highest BCUT2D eigenvalue weighted by Crippen LogP contribution is 2.44. The van der Waals surface area contributed by atoms with E-state index in [4.69, 9.17) is 9.47 Å². The Morgan fingerprint density at radius 2 is 1.83 bits per heavy atom. The number of hydrogen-bond acceptors (Lipinski definition) is 9. The molecule has 1 unspecified atom stereocenters. The van der Waals surface area contributed by atoms with Gasteiger partial charge in [-0.2, -0.15) is 0 Å². The van der Waals surface area contributed by atoms with Crippen LogP contribution >= 0.6 is 11.3 Å². The summed E-state index contributed by atoms with van der Waals surface area (Å²) in [5.74, 6) is -2.30. The molecule has 1 fully saturated rings. The van der Waals surface area contributed by atoms with E-state index in [1.807, 2.05) is 0 Å². The molecule has 0 spiro atoms. The number of phenols is 1. The number of phenolic OH excluding ortho intramolecular Hbond substituents is 1. The zero-order valence-electron chi connectivity index (χ0n) is 19.4. The zero-order chi connectivity index (χ0) is 26.0. The van der Waals surface area contributed by atoms with E-state index in [1.54, 1.807) is 49.4 Å². The average Bonchev–Trinajstić information content (AvgIpc) is 3.39. The Bertz CT molecular complexity index is 1370. The molecule has 1 atom stereocenters. The molecule has 4 rings (SSSR count). The van der Waals surface area contributed by atoms with Crippen molar-refractivity contribution in [1.82, 2.24) is 4.98 Å². The highest BCUT2D eigenvalue weighted by atomic mass is 32.1. The fourth-order valence-electron chi connectivity index (χ4n) is 3.79. The highest BCUT2D eigenvalue weighted by Gasteiger charge is 2.48. The molecule has 3 aromatic rings. The molecule has 2 heterocycles. The van der Waals surface area contributed by atoms with Gasteiger partial charge in [-0.15, -0.1) is 0 Å². The number of hydrogen-bond donors (Lipinski definition) is 2. The number of rotatable bonds is 7. The predicted octanol–water partition coefficient (Wildman–Crippen LogP) is 4.13. The standard InChI is InChI=1S/C26H22N2O7S/c1-4-13-35-18-11-7-16(8-12-18)21(30)19-20(15-5-9-17(29)10-6-15)28(24(32)22(19)31)26-27-14(2)23(36-26)25(33)34-3/h4-12,20,29-30H,1,13H2,2-3H3. The molecule has 0 aliphatic carbocycles. The second-order valence-corrected chi connectivity index (χ2v) is 8.76. The summed E-state index contributed by atoms with van der Waals surface area (Å²) >= 11 is 0.905. The van der Waals surface area contributed by atoms with Gasteiger partial charge in [-0.05, 0) is 48.9 Å². The van der Waals surface area contributed by atoms with Gasteiger partial charge in [0.2, 0.25) is 0 Å². The van der Waals surface area contributed by atoms with E-state index in [9.17, 15) is 24.6 Å². The van der Waals surface area contributed by atoms with Crippen molar-refractivity contribution in [3.05, 3.63) is 88.5 Å². The van der Waals surface area contributed by atoms with E-state index in [0.29, 0.717) is 29.2 Å². The first-order valence-electron chi connectivity index (χ1n) is 10.8. The van der Waals surface area contributed by atoms with Gasteiger partial charge in [0.25, 0.3) is 5.78 Å². The van der Waals surface area contributed by atoms with Crippen LogP contribution in [0, 0.1) is 6.92 Å². The zero-order valence-corrected chi connectivity index (χ0v) is 20.2. The summed E-state index contributed by atoms with van der Waals surface area (Å²) < 4.78 is 10.2. The Balaban J connectivity index is 1.86. The SMILES string of the molecule is C=CCOc1ccc(C(O)=C2C(=O)C(=O)N(c3nc(C)c(C(=O)OC)s3)C2c2ccc(O)cc2)cc1. The fourth-order valence-corrected chi connectivity index (χ4v) is 4.80. The van der Waals surface area contributed by atoms with Crippen molar-refractivity contribution in [2.45, 2.75) is 13.0 Å². The molecule has 1 aromatic heterocycles. The number of thiazole rings is 1. The number of aryl methyl sites for hydroxylation is 1. The number of aromatic hydroxyl groups is 1. The van der Waals surface area contributed by atoms with Gasteiger partial charge in [0.15, 0.2) is 5.13 Å². The minimum atomic E-state index is -1.06. The van der Waals surface area contributed by atoms with Crippen molar-refractivity contribution >= 4 is 39.9 Å². The van der Waals surface area contributed by atoms with Gasteiger partial charge in [-0.25, -0.2) is 9.78 Å². The van der Waals surface area contributed by atoms with Crippen LogP contribution in [-0.2, 0) is 14.3 Å². The highest BCUT2D eigenvalue weighted by molar-refractivity contribution is 7.17. The molecule has 0 saturated carbocycles. The van der Waals surface area contributed by atoms with Crippen molar-refractivity contribution in [3.63, 3.8) is 0 Å². The van der Waals surface area contributed by atoms with Crippen LogP contribution in [0.1, 0.15) is 32.5 Å². The van der Waals surface area contributed by atoms with Gasteiger partial charge in [-0.3, -0.25) is 14.5 Å². The smallest absolute Gasteiger partial charge is 0.350 e. The number of aliphatic hydroxyl groups excluding tert-OH is 1. The lowest BCUT2D eigenvalue weighted by molar-refractivity contribution is -0.132. The lowest BCUT2D eigenvalue weighted by Gasteiger charge is -2.23. The normalized spacial score (nSPS) is 16.7. The summed E-state index contributed by atoms with van der Waals surface area (Å²) in [6.07, 6.45) is 1.60. The number of aromatic nitrogens is 1. The van der Waals surface area contributed by atoms with Gasteiger partial charge in [0.05, 0.1) is 24.4 Å². The third-order valence-corrected chi connectivity index (χ3v) is 6.65. The fraction of sp³-hybridized carbons (Fsp3) is 0.154. The van der Waals surface area contributed by atoms with Crippen LogP contribution in [0.25, 0.3) is 5.76 Å². The number of esters is 1. The number of nitrogens with zero attached hydrogens (tertiary/aromatic N) is 2. The molecule has 2 N–H and O–H groups in total. The van der Waals surface area contributed by atoms with E-state index in [1.165, 1.54) is 19.2 Å². The number of Topliss-reactive ketones (excluding diaryl/α,β-unsaturated/α-hetero) is 1. The minimum absolute atomic E-state index is 0.0103. The summed E-state index contributed by atoms with van der Waals surface area (Å²) in [6.45, 7) is 5.49. The molecular weight excluding hydrogens is 484 g/mol. The maximum atomic E-state index is 13.2. The topological polar surface area (TPSA) is 126 Å². The minimum Gasteiger partial charge on any atom is -0.508 e. The molecule has 1 aliphatic rings. The molecule has 0 radical (unpaired) electrons. The van der Waals surface area contributed by atoms with Crippen LogP contribution in [0.3, 0.4) is 0 Å². The van der Waals surface area contributed by atoms with Crippen molar-refractivity contribution in [2.24, 2.45) is 0 Å². The van der Waals surface area contributed by atoms with Crippen LogP contribution in [0.5, 0.6) is 11.5 Å². The quantitative estimate of drug-likeness (QED) is 0.161. The van der Waals surface area contributed by atoms with Crippen molar-refractivity contribution in [1.29, 1.82) is 0 Å². The van der Waals surface area contributed by atoms with Crippen molar-refractivity contribution < 1.29 is 34.1 Å². The first-order chi connectivity index (χ1) is 17.3. The maximum Gasteiger partial charge on any atom is 0.350 e. The monoisotopic (exact) mass is 506 g/mol. The van der Waals surface area contributed by atoms with Crippen LogP contribution in [0.2, 0.25) is 0 Å². The number of aliphatic hydroxyl groups is 1. The molecule has 1 amide bonds. The first-order valence-corrected chi connectivity index (χ1v) is 11.6. The summed E-state index contributed by atoms with van der Waals surface area (Å²) in [4.78, 5) is 44.3. The van der Waals surface area contributed by atoms with Crippen LogP contribution in [0.15, 0.2) is 66.8 Å². The largest absolute Gasteiger partial charge is 0.508 e. The van der Waals surface area contributed by atoms with E-state index < -0.39 is 23.7 Å². The van der Waals surface area contributed by atoms with Gasteiger partial charge in [-0.1, -0.05) is 36.1 Å². The number of carbonyl (C=O) groups excluding carboxylic acids is 3. The molecule has 184 valence electrons. The summed E-state index contributed by atoms with van der Waals surface area (Å²) in [5.41, 5.74) is 0.932. The van der Waals surface area contributed by atoms with Gasteiger partial charge in [0.1, 0.15) is 28.7 Å². The Morgan fingerprint density at radius 3 is 2.44 bits per heavy atom. The predicted molar refractivity (Wildman–Crippen MR) is 133 cm³/mol. The Kier molecular flexibility index (Phi) is 6.89. The number of benzene rings is 2. The number of ether oxygens (including phenoxy) is 2. The van der Waals surface area contributed by atoms with Gasteiger partial charge in [0, 0.05) is 5.56 Å². The van der Waals surface area contributed by atoms with Crippen LogP contribution in [-0.4, -0.2) is 46.6 Å². The third kappa shape index (κ3) is 4.46. The number of ketones is 1. The van der Waals surface area contributed by atoms with Crippen molar-refractivity contribution in [2.75, 3.05) is 18.6 Å². The number of methoxy groups -OCH3 is 1. The molecule has 10 heteroatoms. The van der Waals surface area contributed by atoms with E-state index in [2.05, 4.69) is 11.6 Å². The maximum absolute atomic E-state index is 13.2. The van der Waals surface area contributed by atoms with Crippen molar-refractivity contribution in [3.8, 4) is 11.5 Å². The molecule has 1 saturated heterocycles. The molecule has 1 aliphatic heterocycles. The second-order valence-electron chi connectivity index (χ2n) is 7.79. The molecule has 2 aromatic carbocycles. The second kappa shape index (κ2) is 10.0. The Morgan fingerprint density at radius 1 is 1.17 bits per heavy atom. The molecule has 36 heavy (non-hydrogen) atoms. The Hall–Kier alpha value is -4.44. The van der Waals surface area contributed by atoms with E-state index in [0.717, 1.165) is 16.2 Å². The van der Waals surface area contributed by atoms with Crippen LogP contribution in [0.4, 0.5) is 5.13 Å². The third-order valence-electron chi connectivity index (χ3n) is 5.51. The van der Waals surface area contributed by atoms with E-state index >= 15 is 0 Å². The summed E-state index contributed by atoms with van der Waals surface area (Å²) in [5, 5.41) is 21.1.